The molecule has 0 bridgehead atoms. The van der Waals surface area contributed by atoms with Gasteiger partial charge in [-0.1, -0.05) is 121 Å². The third kappa shape index (κ3) is 23.0. The Morgan fingerprint density at radius 2 is 0.893 bits per heavy atom. The molecule has 0 aromatic heterocycles. The van der Waals surface area contributed by atoms with Gasteiger partial charge in [0.2, 0.25) is 0 Å². The molecule has 4 heteroatoms. The summed E-state index contributed by atoms with van der Waals surface area (Å²) in [4.78, 5) is 0. The van der Waals surface area contributed by atoms with Crippen LogP contribution in [0.15, 0.2) is 30.3 Å². The van der Waals surface area contributed by atoms with Gasteiger partial charge in [0.15, 0.2) is 0 Å². The maximum Gasteiger partial charge on any atom is 2.00 e. The van der Waals surface area contributed by atoms with Crippen molar-refractivity contribution in [2.24, 2.45) is 0 Å². The number of benzene rings is 1. The fraction of sp³-hybridized carbons (Fsp3) is 0.750. The average molecular weight is 531 g/mol. The fourth-order valence-corrected chi connectivity index (χ4v) is 3.36. The molecule has 0 unspecified atom stereocenters. The molecule has 0 aliphatic rings. The van der Waals surface area contributed by atoms with E-state index in [1.807, 2.05) is 30.3 Å². The van der Waals surface area contributed by atoms with E-state index in [4.69, 9.17) is 4.74 Å². The topological polar surface area (TPSA) is 9.23 Å². The smallest absolute Gasteiger partial charge is 1.00 e. The summed E-state index contributed by atoms with van der Waals surface area (Å²) in [5.41, 5.74) is 0. The minimum absolute atomic E-state index is 0. The molecule has 1 aromatic rings. The third-order valence-corrected chi connectivity index (χ3v) is 5.01. The van der Waals surface area contributed by atoms with Gasteiger partial charge in [0.05, 0.1) is 6.61 Å². The Balaban J connectivity index is -0.00000208. The van der Waals surface area contributed by atoms with E-state index >= 15 is 0 Å². The van der Waals surface area contributed by atoms with Gasteiger partial charge in [-0.25, -0.2) is 0 Å². The first-order valence-electron chi connectivity index (χ1n) is 11.1. The third-order valence-electron chi connectivity index (χ3n) is 5.01. The predicted octanol–water partition coefficient (Wildman–Crippen LogP) is 1.95. The second-order valence-electron chi connectivity index (χ2n) is 7.46. The van der Waals surface area contributed by atoms with Crippen LogP contribution in [0.25, 0.3) is 0 Å². The Morgan fingerprint density at radius 3 is 1.29 bits per heavy atom. The molecule has 0 N–H and O–H groups in total. The van der Waals surface area contributed by atoms with Crippen molar-refractivity contribution < 1.29 is 38.7 Å². The standard InChI is InChI=1S/C24H42O.2BrH.Mg/c1-2-3-4-5-6-7-8-9-10-11-12-13-14-15-16-20-23-25-24-21-18-17-19-22-24;;;/h17-19,21-22H,2-16,20,23H2,1H3;2*1H;/q;;;+2/p-2. The van der Waals surface area contributed by atoms with Crippen LogP contribution < -0.4 is 38.7 Å². The molecular formula is C24H42Br2MgO. The Bertz CT molecular complexity index is 376. The van der Waals surface area contributed by atoms with Crippen molar-refractivity contribution in [1.29, 1.82) is 0 Å². The molecular weight excluding hydrogens is 488 g/mol. The van der Waals surface area contributed by atoms with Gasteiger partial charge in [0.1, 0.15) is 5.75 Å². The molecule has 0 amide bonds. The largest absolute Gasteiger partial charge is 2.00 e. The summed E-state index contributed by atoms with van der Waals surface area (Å²) in [6.07, 6.45) is 22.6. The summed E-state index contributed by atoms with van der Waals surface area (Å²) in [6, 6.07) is 10.2. The number of halogens is 2. The molecule has 0 aliphatic heterocycles. The SMILES string of the molecule is CCCCCCCCCCCCCCCCCCOc1ccccc1.[Br-].[Br-].[Mg+2]. The van der Waals surface area contributed by atoms with Crippen molar-refractivity contribution in [2.75, 3.05) is 6.61 Å². The number of unbranched alkanes of at least 4 members (excludes halogenated alkanes) is 15. The Morgan fingerprint density at radius 1 is 0.536 bits per heavy atom. The van der Waals surface area contributed by atoms with Gasteiger partial charge in [-0.05, 0) is 18.6 Å². The second-order valence-corrected chi connectivity index (χ2v) is 7.46. The van der Waals surface area contributed by atoms with E-state index in [1.165, 1.54) is 103 Å². The quantitative estimate of drug-likeness (QED) is 0.208. The van der Waals surface area contributed by atoms with Gasteiger partial charge in [0, 0.05) is 0 Å². The van der Waals surface area contributed by atoms with Crippen LogP contribution in [-0.4, -0.2) is 29.7 Å². The molecule has 0 saturated carbocycles. The van der Waals surface area contributed by atoms with Gasteiger partial charge in [0.25, 0.3) is 0 Å². The number of ether oxygens (including phenoxy) is 1. The summed E-state index contributed by atoms with van der Waals surface area (Å²) >= 11 is 0. The van der Waals surface area contributed by atoms with Gasteiger partial charge < -0.3 is 38.7 Å². The molecule has 1 rings (SSSR count). The second kappa shape index (κ2) is 27.7. The first-order valence-corrected chi connectivity index (χ1v) is 11.1. The van der Waals surface area contributed by atoms with Crippen molar-refractivity contribution in [1.82, 2.24) is 0 Å². The van der Waals surface area contributed by atoms with E-state index in [-0.39, 0.29) is 57.0 Å². The van der Waals surface area contributed by atoms with E-state index < -0.39 is 0 Å². The zero-order valence-electron chi connectivity index (χ0n) is 18.3. The first kappa shape index (κ1) is 33.4. The summed E-state index contributed by atoms with van der Waals surface area (Å²) in [7, 11) is 0. The Kier molecular flexibility index (Phi) is 33.1. The first-order chi connectivity index (χ1) is 12.4. The van der Waals surface area contributed by atoms with Crippen LogP contribution in [0, 0.1) is 0 Å². The maximum absolute atomic E-state index is 5.73. The van der Waals surface area contributed by atoms with Crippen molar-refractivity contribution >= 4 is 23.1 Å². The average Bonchev–Trinajstić information content (AvgIpc) is 2.65. The van der Waals surface area contributed by atoms with Crippen LogP contribution in [0.2, 0.25) is 0 Å². The minimum atomic E-state index is 0. The van der Waals surface area contributed by atoms with Gasteiger partial charge in [-0.15, -0.1) is 0 Å². The molecule has 0 saturated heterocycles. The summed E-state index contributed by atoms with van der Waals surface area (Å²) in [5, 5.41) is 0. The van der Waals surface area contributed by atoms with Crippen molar-refractivity contribution in [3.05, 3.63) is 30.3 Å². The summed E-state index contributed by atoms with van der Waals surface area (Å²) in [5.74, 6) is 1.00. The monoisotopic (exact) mass is 528 g/mol. The summed E-state index contributed by atoms with van der Waals surface area (Å²) < 4.78 is 5.73. The molecule has 1 aromatic carbocycles. The van der Waals surface area contributed by atoms with Crippen LogP contribution in [0.4, 0.5) is 0 Å². The van der Waals surface area contributed by atoms with Gasteiger partial charge in [-0.2, -0.15) is 0 Å². The van der Waals surface area contributed by atoms with Gasteiger partial charge in [-0.3, -0.25) is 0 Å². The predicted molar refractivity (Wildman–Crippen MR) is 117 cm³/mol. The molecule has 160 valence electrons. The summed E-state index contributed by atoms with van der Waals surface area (Å²) in [6.45, 7) is 3.16. The molecule has 1 nitrogen and oxygen atoms in total. The molecule has 0 atom stereocenters. The van der Waals surface area contributed by atoms with Crippen molar-refractivity contribution in [3.8, 4) is 5.75 Å². The van der Waals surface area contributed by atoms with E-state index in [9.17, 15) is 0 Å². The normalized spacial score (nSPS) is 9.75. The molecule has 0 aliphatic carbocycles. The van der Waals surface area contributed by atoms with Crippen molar-refractivity contribution in [3.63, 3.8) is 0 Å². The zero-order chi connectivity index (χ0) is 17.8. The maximum atomic E-state index is 5.73. The number of para-hydroxylation sites is 1. The van der Waals surface area contributed by atoms with E-state index in [0.717, 1.165) is 12.4 Å². The number of hydrogen-bond donors (Lipinski definition) is 0. The van der Waals surface area contributed by atoms with E-state index in [2.05, 4.69) is 6.92 Å². The Labute approximate surface area is 212 Å². The zero-order valence-corrected chi connectivity index (χ0v) is 22.9. The number of hydrogen-bond acceptors (Lipinski definition) is 1. The molecule has 0 radical (unpaired) electrons. The van der Waals surface area contributed by atoms with Crippen LogP contribution in [0.5, 0.6) is 5.75 Å². The van der Waals surface area contributed by atoms with E-state index in [0.29, 0.717) is 0 Å². The molecule has 0 spiro atoms. The van der Waals surface area contributed by atoms with Crippen molar-refractivity contribution in [2.45, 2.75) is 110 Å². The minimum Gasteiger partial charge on any atom is -1.00 e. The van der Waals surface area contributed by atoms with Crippen LogP contribution in [-0.2, 0) is 0 Å². The fourth-order valence-electron chi connectivity index (χ4n) is 3.36. The molecule has 0 fully saturated rings. The van der Waals surface area contributed by atoms with Crippen LogP contribution >= 0.6 is 0 Å². The number of rotatable bonds is 18. The van der Waals surface area contributed by atoms with E-state index in [1.54, 1.807) is 0 Å². The Hall–Kier alpha value is 0.746. The molecule has 0 heterocycles. The molecule has 28 heavy (non-hydrogen) atoms. The van der Waals surface area contributed by atoms with Gasteiger partial charge >= 0.3 is 23.1 Å². The van der Waals surface area contributed by atoms with Crippen LogP contribution in [0.3, 0.4) is 0 Å². The van der Waals surface area contributed by atoms with Crippen LogP contribution in [0.1, 0.15) is 110 Å².